The van der Waals surface area contributed by atoms with E-state index in [2.05, 4.69) is 17.3 Å². The lowest BCUT2D eigenvalue weighted by molar-refractivity contribution is -0.121. The maximum absolute atomic E-state index is 12.3. The van der Waals surface area contributed by atoms with Crippen LogP contribution in [0.4, 0.5) is 0 Å². The molecule has 6 heteroatoms. The minimum absolute atomic E-state index is 0.0103. The highest BCUT2D eigenvalue weighted by Crippen LogP contribution is 2.28. The Labute approximate surface area is 167 Å². The summed E-state index contributed by atoms with van der Waals surface area (Å²) in [6, 6.07) is 5.94. The van der Waals surface area contributed by atoms with E-state index in [1.54, 1.807) is 4.68 Å². The highest BCUT2D eigenvalue weighted by molar-refractivity contribution is 5.75. The number of nitrogens with one attached hydrogen (secondary N) is 1. The summed E-state index contributed by atoms with van der Waals surface area (Å²) in [6.45, 7) is 8.22. The van der Waals surface area contributed by atoms with Crippen molar-refractivity contribution in [3.05, 3.63) is 41.2 Å². The molecule has 1 aliphatic rings. The van der Waals surface area contributed by atoms with Gasteiger partial charge >= 0.3 is 0 Å². The molecule has 1 aromatic carbocycles. The summed E-state index contributed by atoms with van der Waals surface area (Å²) in [4.78, 5) is 12.3. The van der Waals surface area contributed by atoms with Gasteiger partial charge in [-0.3, -0.25) is 9.48 Å². The second-order valence-corrected chi connectivity index (χ2v) is 7.39. The number of hydrogen-bond donors (Lipinski definition) is 1. The minimum Gasteiger partial charge on any atom is -0.490 e. The normalized spacial score (nSPS) is 15.8. The third-order valence-electron chi connectivity index (χ3n) is 5.02. The molecular formula is C22H31N3O3. The van der Waals surface area contributed by atoms with E-state index in [0.29, 0.717) is 25.7 Å². The van der Waals surface area contributed by atoms with Crippen LogP contribution in [0.1, 0.15) is 44.0 Å². The van der Waals surface area contributed by atoms with Gasteiger partial charge in [-0.25, -0.2) is 0 Å². The van der Waals surface area contributed by atoms with Gasteiger partial charge in [-0.1, -0.05) is 13.0 Å². The summed E-state index contributed by atoms with van der Waals surface area (Å²) in [5, 5.41) is 7.56. The second kappa shape index (κ2) is 9.62. The standard InChI is InChI=1S/C22H31N3O3/c1-4-27-20-9-7-17(13-21(20)28-5-2)10-11-23-22(26)15-25-14-18-12-16(3)6-8-19(18)24-25/h7,9,13-14,16H,4-6,8,10-12,15H2,1-3H3,(H,23,26). The van der Waals surface area contributed by atoms with E-state index < -0.39 is 0 Å². The number of carbonyl (C=O) groups is 1. The van der Waals surface area contributed by atoms with Crippen molar-refractivity contribution >= 4 is 5.91 Å². The molecule has 0 saturated heterocycles. The summed E-state index contributed by atoms with van der Waals surface area (Å²) in [6.07, 6.45) is 6.04. The lowest BCUT2D eigenvalue weighted by Gasteiger charge is -2.15. The van der Waals surface area contributed by atoms with Crippen LogP contribution >= 0.6 is 0 Å². The van der Waals surface area contributed by atoms with E-state index in [0.717, 1.165) is 42.0 Å². The van der Waals surface area contributed by atoms with Crippen LogP contribution in [0.3, 0.4) is 0 Å². The van der Waals surface area contributed by atoms with E-state index in [9.17, 15) is 4.79 Å². The van der Waals surface area contributed by atoms with Crippen molar-refractivity contribution in [3.8, 4) is 11.5 Å². The zero-order valence-electron chi connectivity index (χ0n) is 17.2. The van der Waals surface area contributed by atoms with Crippen LogP contribution in [-0.2, 0) is 30.6 Å². The molecule has 0 spiro atoms. The Bertz CT molecular complexity index is 800. The molecule has 1 amide bonds. The molecule has 1 aliphatic carbocycles. The van der Waals surface area contributed by atoms with Crippen LogP contribution in [0.25, 0.3) is 0 Å². The van der Waals surface area contributed by atoms with Crippen molar-refractivity contribution in [2.24, 2.45) is 5.92 Å². The number of hydrogen-bond acceptors (Lipinski definition) is 4. The van der Waals surface area contributed by atoms with Crippen molar-refractivity contribution in [1.29, 1.82) is 0 Å². The van der Waals surface area contributed by atoms with E-state index in [4.69, 9.17) is 9.47 Å². The molecule has 1 N–H and O–H groups in total. The van der Waals surface area contributed by atoms with Crippen LogP contribution in [0.2, 0.25) is 0 Å². The maximum atomic E-state index is 12.3. The lowest BCUT2D eigenvalue weighted by atomic mass is 9.89. The van der Waals surface area contributed by atoms with Crippen molar-refractivity contribution in [2.75, 3.05) is 19.8 Å². The number of ether oxygens (including phenoxy) is 2. The van der Waals surface area contributed by atoms with E-state index in [1.165, 1.54) is 12.0 Å². The first-order chi connectivity index (χ1) is 13.6. The number of amides is 1. The predicted octanol–water partition coefficient (Wildman–Crippen LogP) is 3.16. The maximum Gasteiger partial charge on any atom is 0.241 e. The molecule has 1 unspecified atom stereocenters. The van der Waals surface area contributed by atoms with Crippen molar-refractivity contribution in [2.45, 2.75) is 53.0 Å². The van der Waals surface area contributed by atoms with Gasteiger partial charge in [0.15, 0.2) is 11.5 Å². The summed E-state index contributed by atoms with van der Waals surface area (Å²) < 4.78 is 13.0. The molecule has 1 atom stereocenters. The monoisotopic (exact) mass is 385 g/mol. The average molecular weight is 386 g/mol. The number of nitrogens with zero attached hydrogens (tertiary/aromatic N) is 2. The number of aromatic nitrogens is 2. The number of fused-ring (bicyclic) bond motifs is 1. The molecule has 1 aromatic heterocycles. The van der Waals surface area contributed by atoms with Gasteiger partial charge in [0.1, 0.15) is 6.54 Å². The lowest BCUT2D eigenvalue weighted by Crippen LogP contribution is -2.29. The Morgan fingerprint density at radius 2 is 2.04 bits per heavy atom. The zero-order chi connectivity index (χ0) is 19.9. The highest BCUT2D eigenvalue weighted by Gasteiger charge is 2.19. The molecule has 3 rings (SSSR count). The average Bonchev–Trinajstić information content (AvgIpc) is 3.05. The van der Waals surface area contributed by atoms with Gasteiger partial charge in [0.2, 0.25) is 5.91 Å². The van der Waals surface area contributed by atoms with Crippen molar-refractivity contribution in [1.82, 2.24) is 15.1 Å². The van der Waals surface area contributed by atoms with Crippen LogP contribution in [-0.4, -0.2) is 35.4 Å². The fraction of sp³-hybridized carbons (Fsp3) is 0.545. The Hall–Kier alpha value is -2.50. The van der Waals surface area contributed by atoms with Gasteiger partial charge in [0, 0.05) is 12.7 Å². The van der Waals surface area contributed by atoms with E-state index in [-0.39, 0.29) is 12.5 Å². The zero-order valence-corrected chi connectivity index (χ0v) is 17.2. The second-order valence-electron chi connectivity index (χ2n) is 7.39. The summed E-state index contributed by atoms with van der Waals surface area (Å²) in [5.41, 5.74) is 3.56. The predicted molar refractivity (Wildman–Crippen MR) is 109 cm³/mol. The van der Waals surface area contributed by atoms with Gasteiger partial charge in [-0.05, 0) is 68.7 Å². The third-order valence-corrected chi connectivity index (χ3v) is 5.02. The minimum atomic E-state index is -0.0103. The number of carbonyl (C=O) groups excluding carboxylic acids is 1. The SMILES string of the molecule is CCOc1ccc(CCNC(=O)Cn2cc3c(n2)CCC(C)C3)cc1OCC. The Morgan fingerprint density at radius 1 is 1.25 bits per heavy atom. The van der Waals surface area contributed by atoms with Crippen LogP contribution in [0.15, 0.2) is 24.4 Å². The Balaban J connectivity index is 1.49. The quantitative estimate of drug-likeness (QED) is 0.720. The first-order valence-corrected chi connectivity index (χ1v) is 10.3. The molecule has 6 nitrogen and oxygen atoms in total. The smallest absolute Gasteiger partial charge is 0.241 e. The molecule has 0 saturated carbocycles. The first kappa shape index (κ1) is 20.2. The number of rotatable bonds is 9. The molecule has 0 bridgehead atoms. The molecule has 1 heterocycles. The number of aryl methyl sites for hydroxylation is 1. The Kier molecular flexibility index (Phi) is 6.95. The molecule has 0 fully saturated rings. The molecule has 2 aromatic rings. The third kappa shape index (κ3) is 5.27. The van der Waals surface area contributed by atoms with Crippen molar-refractivity contribution in [3.63, 3.8) is 0 Å². The molecule has 28 heavy (non-hydrogen) atoms. The summed E-state index contributed by atoms with van der Waals surface area (Å²) >= 11 is 0. The van der Waals surface area contributed by atoms with Crippen LogP contribution < -0.4 is 14.8 Å². The number of benzene rings is 1. The molecule has 0 radical (unpaired) electrons. The fourth-order valence-electron chi connectivity index (χ4n) is 3.63. The van der Waals surface area contributed by atoms with Crippen LogP contribution in [0.5, 0.6) is 11.5 Å². The van der Waals surface area contributed by atoms with Gasteiger partial charge in [0.25, 0.3) is 0 Å². The van der Waals surface area contributed by atoms with Crippen molar-refractivity contribution < 1.29 is 14.3 Å². The van der Waals surface area contributed by atoms with E-state index >= 15 is 0 Å². The summed E-state index contributed by atoms with van der Waals surface area (Å²) in [7, 11) is 0. The Morgan fingerprint density at radius 3 is 2.82 bits per heavy atom. The van der Waals surface area contributed by atoms with Crippen LogP contribution in [0, 0.1) is 5.92 Å². The topological polar surface area (TPSA) is 65.4 Å². The molecular weight excluding hydrogens is 354 g/mol. The van der Waals surface area contributed by atoms with Gasteiger partial charge < -0.3 is 14.8 Å². The fourth-order valence-corrected chi connectivity index (χ4v) is 3.63. The van der Waals surface area contributed by atoms with E-state index in [1.807, 2.05) is 38.2 Å². The molecule has 0 aliphatic heterocycles. The molecule has 152 valence electrons. The van der Waals surface area contributed by atoms with Gasteiger partial charge in [-0.15, -0.1) is 0 Å². The first-order valence-electron chi connectivity index (χ1n) is 10.3. The van der Waals surface area contributed by atoms with Gasteiger partial charge in [0.05, 0.1) is 18.9 Å². The van der Waals surface area contributed by atoms with Gasteiger partial charge in [-0.2, -0.15) is 5.10 Å². The largest absolute Gasteiger partial charge is 0.490 e. The summed E-state index contributed by atoms with van der Waals surface area (Å²) in [5.74, 6) is 2.21. The highest BCUT2D eigenvalue weighted by atomic mass is 16.5.